The van der Waals surface area contributed by atoms with Crippen molar-refractivity contribution < 1.29 is 28.6 Å². The van der Waals surface area contributed by atoms with Gasteiger partial charge in [0.1, 0.15) is 6.04 Å². The number of amides is 1. The van der Waals surface area contributed by atoms with E-state index in [9.17, 15) is 14.4 Å². The average molecular weight is 233 g/mol. The van der Waals surface area contributed by atoms with E-state index in [1.165, 1.54) is 7.11 Å². The molecule has 1 amide bonds. The van der Waals surface area contributed by atoms with E-state index in [-0.39, 0.29) is 13.0 Å². The van der Waals surface area contributed by atoms with Gasteiger partial charge in [-0.2, -0.15) is 0 Å². The van der Waals surface area contributed by atoms with Crippen molar-refractivity contribution in [1.82, 2.24) is 5.32 Å². The highest BCUT2D eigenvalue weighted by atomic mass is 16.6. The molecule has 0 rings (SSSR count). The molecule has 0 saturated carbocycles. The molecular weight excluding hydrogens is 218 g/mol. The summed E-state index contributed by atoms with van der Waals surface area (Å²) >= 11 is 0. The molecule has 0 aromatic carbocycles. The molecule has 0 unspecified atom stereocenters. The molecule has 0 saturated heterocycles. The van der Waals surface area contributed by atoms with Crippen molar-refractivity contribution in [3.8, 4) is 0 Å². The highest BCUT2D eigenvalue weighted by Gasteiger charge is 2.25. The summed E-state index contributed by atoms with van der Waals surface area (Å²) in [5, 5.41) is 2.20. The molecule has 7 heteroatoms. The van der Waals surface area contributed by atoms with Gasteiger partial charge in [-0.15, -0.1) is 0 Å². The Labute approximate surface area is 93.0 Å². The third-order valence-electron chi connectivity index (χ3n) is 1.65. The minimum Gasteiger partial charge on any atom is -0.469 e. The lowest BCUT2D eigenvalue weighted by molar-refractivity contribution is -0.149. The van der Waals surface area contributed by atoms with Crippen LogP contribution in [0.15, 0.2) is 0 Å². The van der Waals surface area contributed by atoms with Gasteiger partial charge in [-0.05, 0) is 6.92 Å². The molecule has 0 fully saturated rings. The third-order valence-corrected chi connectivity index (χ3v) is 1.65. The number of nitrogens with one attached hydrogen (secondary N) is 1. The van der Waals surface area contributed by atoms with Crippen molar-refractivity contribution in [3.05, 3.63) is 0 Å². The van der Waals surface area contributed by atoms with Crippen LogP contribution in [0.3, 0.4) is 0 Å². The number of hydrogen-bond donors (Lipinski definition) is 1. The van der Waals surface area contributed by atoms with E-state index in [0.717, 1.165) is 7.11 Å². The average Bonchev–Trinajstić information content (AvgIpc) is 2.27. The molecule has 0 aromatic rings. The monoisotopic (exact) mass is 233 g/mol. The van der Waals surface area contributed by atoms with Crippen LogP contribution < -0.4 is 5.32 Å². The number of methoxy groups -OCH3 is 2. The van der Waals surface area contributed by atoms with E-state index in [0.29, 0.717) is 0 Å². The second kappa shape index (κ2) is 7.49. The van der Waals surface area contributed by atoms with E-state index in [4.69, 9.17) is 0 Å². The highest BCUT2D eigenvalue weighted by Crippen LogP contribution is 1.98. The fourth-order valence-corrected chi connectivity index (χ4v) is 0.901. The molecule has 0 spiro atoms. The number of rotatable bonds is 5. The number of alkyl carbamates (subject to hydrolysis) is 1. The summed E-state index contributed by atoms with van der Waals surface area (Å²) in [5.74, 6) is -1.37. The Balaban J connectivity index is 4.37. The molecule has 0 aliphatic carbocycles. The Hall–Kier alpha value is -1.79. The Kier molecular flexibility index (Phi) is 6.66. The first-order valence-electron chi connectivity index (χ1n) is 4.63. The SMILES string of the molecule is CCOC(=O)N[C@@H](CC(=O)OC)C(=O)OC. The van der Waals surface area contributed by atoms with Crippen LogP contribution in [0.25, 0.3) is 0 Å². The van der Waals surface area contributed by atoms with Crippen molar-refractivity contribution in [2.24, 2.45) is 0 Å². The molecular formula is C9H15NO6. The van der Waals surface area contributed by atoms with Crippen molar-refractivity contribution in [1.29, 1.82) is 0 Å². The largest absolute Gasteiger partial charge is 0.469 e. The summed E-state index contributed by atoms with van der Waals surface area (Å²) in [6, 6.07) is -1.10. The van der Waals surface area contributed by atoms with Gasteiger partial charge in [0.25, 0.3) is 0 Å². The number of esters is 2. The summed E-state index contributed by atoms with van der Waals surface area (Å²) in [5.41, 5.74) is 0. The fraction of sp³-hybridized carbons (Fsp3) is 0.667. The standard InChI is InChI=1S/C9H15NO6/c1-4-16-9(13)10-6(8(12)15-3)5-7(11)14-2/h6H,4-5H2,1-3H3,(H,10,13)/t6-/m0/s1. The molecule has 7 nitrogen and oxygen atoms in total. The molecule has 0 radical (unpaired) electrons. The number of ether oxygens (including phenoxy) is 3. The minimum atomic E-state index is -1.10. The summed E-state index contributed by atoms with van der Waals surface area (Å²) in [4.78, 5) is 33.2. The summed E-state index contributed by atoms with van der Waals surface area (Å²) in [6.45, 7) is 1.78. The van der Waals surface area contributed by atoms with Crippen LogP contribution in [0.4, 0.5) is 4.79 Å². The van der Waals surface area contributed by atoms with E-state index in [1.807, 2.05) is 0 Å². The van der Waals surface area contributed by atoms with Crippen molar-refractivity contribution in [2.45, 2.75) is 19.4 Å². The van der Waals surface area contributed by atoms with Crippen LogP contribution in [0.1, 0.15) is 13.3 Å². The molecule has 16 heavy (non-hydrogen) atoms. The second-order valence-electron chi connectivity index (χ2n) is 2.72. The van der Waals surface area contributed by atoms with E-state index < -0.39 is 24.1 Å². The first-order chi connectivity index (χ1) is 7.54. The Morgan fingerprint density at radius 2 is 1.81 bits per heavy atom. The number of carbonyl (C=O) groups excluding carboxylic acids is 3. The smallest absolute Gasteiger partial charge is 0.407 e. The van der Waals surface area contributed by atoms with E-state index >= 15 is 0 Å². The number of hydrogen-bond acceptors (Lipinski definition) is 6. The maximum Gasteiger partial charge on any atom is 0.407 e. The van der Waals surface area contributed by atoms with Crippen molar-refractivity contribution in [3.63, 3.8) is 0 Å². The van der Waals surface area contributed by atoms with Crippen LogP contribution in [0.5, 0.6) is 0 Å². The highest BCUT2D eigenvalue weighted by molar-refractivity contribution is 5.86. The molecule has 92 valence electrons. The molecule has 1 atom stereocenters. The zero-order chi connectivity index (χ0) is 12.6. The zero-order valence-corrected chi connectivity index (χ0v) is 9.44. The Bertz CT molecular complexity index is 265. The molecule has 0 aromatic heterocycles. The molecule has 0 aliphatic rings. The van der Waals surface area contributed by atoms with Gasteiger partial charge in [0.2, 0.25) is 0 Å². The quantitative estimate of drug-likeness (QED) is 0.524. The predicted molar refractivity (Wildman–Crippen MR) is 52.6 cm³/mol. The summed E-state index contributed by atoms with van der Waals surface area (Å²) in [7, 11) is 2.33. The van der Waals surface area contributed by atoms with Gasteiger partial charge in [-0.1, -0.05) is 0 Å². The van der Waals surface area contributed by atoms with Crippen LogP contribution in [-0.4, -0.2) is 44.9 Å². The lowest BCUT2D eigenvalue weighted by Gasteiger charge is -2.14. The van der Waals surface area contributed by atoms with Crippen LogP contribution in [0, 0.1) is 0 Å². The lowest BCUT2D eigenvalue weighted by Crippen LogP contribution is -2.43. The maximum absolute atomic E-state index is 11.2. The topological polar surface area (TPSA) is 90.9 Å². The molecule has 0 bridgehead atoms. The van der Waals surface area contributed by atoms with Gasteiger partial charge in [0.05, 0.1) is 27.2 Å². The van der Waals surface area contributed by atoms with Gasteiger partial charge in [0, 0.05) is 0 Å². The normalized spacial score (nSPS) is 11.2. The first-order valence-corrected chi connectivity index (χ1v) is 4.63. The van der Waals surface area contributed by atoms with Gasteiger partial charge in [-0.25, -0.2) is 9.59 Å². The maximum atomic E-state index is 11.2. The third kappa shape index (κ3) is 5.18. The first kappa shape index (κ1) is 14.2. The molecule has 0 aliphatic heterocycles. The van der Waals surface area contributed by atoms with Crippen LogP contribution in [-0.2, 0) is 23.8 Å². The van der Waals surface area contributed by atoms with Crippen molar-refractivity contribution in [2.75, 3.05) is 20.8 Å². The van der Waals surface area contributed by atoms with Gasteiger partial charge < -0.3 is 19.5 Å². The zero-order valence-electron chi connectivity index (χ0n) is 9.44. The summed E-state index contributed by atoms with van der Waals surface area (Å²) in [6.07, 6.45) is -1.09. The predicted octanol–water partition coefficient (Wildman–Crippen LogP) is -0.163. The number of carbonyl (C=O) groups is 3. The fourth-order valence-electron chi connectivity index (χ4n) is 0.901. The van der Waals surface area contributed by atoms with Crippen molar-refractivity contribution >= 4 is 18.0 Å². The minimum absolute atomic E-state index is 0.165. The van der Waals surface area contributed by atoms with Crippen LogP contribution in [0.2, 0.25) is 0 Å². The van der Waals surface area contributed by atoms with Crippen LogP contribution >= 0.6 is 0 Å². The van der Waals surface area contributed by atoms with Gasteiger partial charge >= 0.3 is 18.0 Å². The van der Waals surface area contributed by atoms with E-state index in [2.05, 4.69) is 19.5 Å². The molecule has 1 N–H and O–H groups in total. The Morgan fingerprint density at radius 3 is 2.25 bits per heavy atom. The van der Waals surface area contributed by atoms with E-state index in [1.54, 1.807) is 6.92 Å². The summed E-state index contributed by atoms with van der Waals surface area (Å²) < 4.78 is 13.4. The van der Waals surface area contributed by atoms with Gasteiger partial charge in [0.15, 0.2) is 0 Å². The molecule has 0 heterocycles. The second-order valence-corrected chi connectivity index (χ2v) is 2.72. The lowest BCUT2D eigenvalue weighted by atomic mass is 10.2. The Morgan fingerprint density at radius 1 is 1.19 bits per heavy atom. The van der Waals surface area contributed by atoms with Gasteiger partial charge in [-0.3, -0.25) is 4.79 Å².